The van der Waals surface area contributed by atoms with Gasteiger partial charge in [0, 0.05) is 44.3 Å². The van der Waals surface area contributed by atoms with Crippen LogP contribution in [0.4, 0.5) is 0 Å². The minimum absolute atomic E-state index is 0.518. The lowest BCUT2D eigenvalue weighted by Crippen LogP contribution is -2.50. The quantitative estimate of drug-likeness (QED) is 0.804. The minimum Gasteiger partial charge on any atom is -0.497 e. The van der Waals surface area contributed by atoms with Crippen molar-refractivity contribution in [2.24, 2.45) is 0 Å². The van der Waals surface area contributed by atoms with Gasteiger partial charge in [0.1, 0.15) is 11.5 Å². The summed E-state index contributed by atoms with van der Waals surface area (Å²) in [5.41, 5.74) is 2.57. The van der Waals surface area contributed by atoms with Gasteiger partial charge in [-0.2, -0.15) is 0 Å². The second kappa shape index (κ2) is 8.37. The summed E-state index contributed by atoms with van der Waals surface area (Å²) in [6.07, 6.45) is 0. The molecule has 1 aliphatic heterocycles. The van der Waals surface area contributed by atoms with Crippen molar-refractivity contribution in [3.63, 3.8) is 0 Å². The van der Waals surface area contributed by atoms with E-state index in [1.54, 1.807) is 14.2 Å². The molecule has 3 rings (SSSR count). The van der Waals surface area contributed by atoms with Crippen LogP contribution in [0.15, 0.2) is 48.5 Å². The molecule has 0 N–H and O–H groups in total. The minimum atomic E-state index is 0.518. The molecule has 2 aromatic carbocycles. The Morgan fingerprint density at radius 1 is 0.960 bits per heavy atom. The van der Waals surface area contributed by atoms with Crippen LogP contribution in [-0.2, 0) is 13.1 Å². The van der Waals surface area contributed by atoms with Crippen molar-refractivity contribution in [2.75, 3.05) is 33.9 Å². The Bertz CT molecular complexity index is 689. The Morgan fingerprint density at radius 2 is 1.80 bits per heavy atom. The Morgan fingerprint density at radius 3 is 2.56 bits per heavy atom. The molecule has 0 amide bonds. The Labute approximate surface area is 151 Å². The predicted octanol–water partition coefficient (Wildman–Crippen LogP) is 3.41. The monoisotopic (exact) mass is 340 g/mol. The smallest absolute Gasteiger partial charge is 0.123 e. The van der Waals surface area contributed by atoms with E-state index in [0.717, 1.165) is 44.2 Å². The molecule has 1 atom stereocenters. The highest BCUT2D eigenvalue weighted by molar-refractivity contribution is 5.33. The highest BCUT2D eigenvalue weighted by atomic mass is 16.5. The predicted molar refractivity (Wildman–Crippen MR) is 101 cm³/mol. The van der Waals surface area contributed by atoms with E-state index in [2.05, 4.69) is 47.1 Å². The first-order valence-corrected chi connectivity index (χ1v) is 8.91. The van der Waals surface area contributed by atoms with Gasteiger partial charge in [-0.3, -0.25) is 9.80 Å². The molecular formula is C21H28N2O2. The van der Waals surface area contributed by atoms with E-state index < -0.39 is 0 Å². The number of methoxy groups -OCH3 is 2. The van der Waals surface area contributed by atoms with Crippen molar-refractivity contribution < 1.29 is 9.47 Å². The van der Waals surface area contributed by atoms with Crippen LogP contribution in [-0.4, -0.2) is 49.7 Å². The lowest BCUT2D eigenvalue weighted by molar-refractivity contribution is 0.0727. The maximum atomic E-state index is 5.50. The van der Waals surface area contributed by atoms with E-state index >= 15 is 0 Å². The fraction of sp³-hybridized carbons (Fsp3) is 0.429. The molecule has 2 aromatic rings. The Kier molecular flexibility index (Phi) is 5.95. The maximum absolute atomic E-state index is 5.50. The van der Waals surface area contributed by atoms with E-state index in [4.69, 9.17) is 9.47 Å². The number of benzene rings is 2. The second-order valence-electron chi connectivity index (χ2n) is 6.72. The summed E-state index contributed by atoms with van der Waals surface area (Å²) in [7, 11) is 3.46. The molecule has 0 unspecified atom stereocenters. The molecule has 4 nitrogen and oxygen atoms in total. The summed E-state index contributed by atoms with van der Waals surface area (Å²) in [6.45, 7) is 7.46. The van der Waals surface area contributed by atoms with Crippen LogP contribution in [0.1, 0.15) is 18.1 Å². The van der Waals surface area contributed by atoms with Crippen LogP contribution in [0.3, 0.4) is 0 Å². The van der Waals surface area contributed by atoms with Crippen LogP contribution < -0.4 is 9.47 Å². The molecular weight excluding hydrogens is 312 g/mol. The molecule has 0 bridgehead atoms. The number of nitrogens with zero attached hydrogens (tertiary/aromatic N) is 2. The molecule has 1 fully saturated rings. The molecule has 0 spiro atoms. The first kappa shape index (κ1) is 17.8. The summed E-state index contributed by atoms with van der Waals surface area (Å²) in [4.78, 5) is 5.07. The van der Waals surface area contributed by atoms with Gasteiger partial charge in [0.25, 0.3) is 0 Å². The van der Waals surface area contributed by atoms with Gasteiger partial charge in [0.15, 0.2) is 0 Å². The molecule has 0 aliphatic carbocycles. The normalized spacial score (nSPS) is 18.9. The van der Waals surface area contributed by atoms with Gasteiger partial charge in [-0.25, -0.2) is 0 Å². The number of rotatable bonds is 6. The first-order chi connectivity index (χ1) is 12.2. The summed E-state index contributed by atoms with van der Waals surface area (Å²) >= 11 is 0. The van der Waals surface area contributed by atoms with Gasteiger partial charge < -0.3 is 9.47 Å². The van der Waals surface area contributed by atoms with Gasteiger partial charge in [0.2, 0.25) is 0 Å². The summed E-state index contributed by atoms with van der Waals surface area (Å²) in [5.74, 6) is 1.91. The van der Waals surface area contributed by atoms with E-state index in [9.17, 15) is 0 Å². The molecule has 0 aromatic heterocycles. The lowest BCUT2D eigenvalue weighted by atomic mass is 10.1. The number of para-hydroxylation sites is 1. The SMILES string of the molecule is COc1cccc(CN2CCN(Cc3ccccc3OC)[C@@H](C)C2)c1. The van der Waals surface area contributed by atoms with Gasteiger partial charge in [-0.05, 0) is 30.7 Å². The summed E-state index contributed by atoms with van der Waals surface area (Å²) < 4.78 is 10.8. The average Bonchev–Trinajstić information content (AvgIpc) is 2.64. The van der Waals surface area contributed by atoms with Crippen LogP contribution in [0, 0.1) is 0 Å². The zero-order valence-corrected chi connectivity index (χ0v) is 15.4. The second-order valence-corrected chi connectivity index (χ2v) is 6.72. The summed E-state index contributed by atoms with van der Waals surface area (Å²) in [6, 6.07) is 17.2. The third-order valence-electron chi connectivity index (χ3n) is 4.96. The number of piperazine rings is 1. The molecule has 1 heterocycles. The number of ether oxygens (including phenoxy) is 2. The zero-order valence-electron chi connectivity index (χ0n) is 15.4. The highest BCUT2D eigenvalue weighted by Crippen LogP contribution is 2.22. The molecule has 1 saturated heterocycles. The highest BCUT2D eigenvalue weighted by Gasteiger charge is 2.24. The van der Waals surface area contributed by atoms with Crippen molar-refractivity contribution in [2.45, 2.75) is 26.1 Å². The lowest BCUT2D eigenvalue weighted by Gasteiger charge is -2.40. The third kappa shape index (κ3) is 4.53. The number of hydrogen-bond donors (Lipinski definition) is 0. The van der Waals surface area contributed by atoms with Crippen molar-refractivity contribution in [3.05, 3.63) is 59.7 Å². The van der Waals surface area contributed by atoms with Crippen molar-refractivity contribution >= 4 is 0 Å². The third-order valence-corrected chi connectivity index (χ3v) is 4.96. The molecule has 0 radical (unpaired) electrons. The molecule has 1 aliphatic rings. The maximum Gasteiger partial charge on any atom is 0.123 e. The Balaban J connectivity index is 1.58. The summed E-state index contributed by atoms with van der Waals surface area (Å²) in [5, 5.41) is 0. The van der Waals surface area contributed by atoms with Gasteiger partial charge in [-0.1, -0.05) is 30.3 Å². The largest absolute Gasteiger partial charge is 0.497 e. The standard InChI is InChI=1S/C21H28N2O2/c1-17-14-22(15-18-7-6-9-20(13-18)24-2)11-12-23(17)16-19-8-4-5-10-21(19)25-3/h4-10,13,17H,11-12,14-16H2,1-3H3/t17-/m0/s1. The van der Waals surface area contributed by atoms with Crippen LogP contribution in [0.2, 0.25) is 0 Å². The van der Waals surface area contributed by atoms with E-state index in [1.165, 1.54) is 11.1 Å². The van der Waals surface area contributed by atoms with Crippen LogP contribution in [0.25, 0.3) is 0 Å². The fourth-order valence-electron chi connectivity index (χ4n) is 3.53. The van der Waals surface area contributed by atoms with Crippen LogP contribution >= 0.6 is 0 Å². The topological polar surface area (TPSA) is 24.9 Å². The molecule has 25 heavy (non-hydrogen) atoms. The van der Waals surface area contributed by atoms with Crippen LogP contribution in [0.5, 0.6) is 11.5 Å². The van der Waals surface area contributed by atoms with Gasteiger partial charge >= 0.3 is 0 Å². The van der Waals surface area contributed by atoms with Crippen molar-refractivity contribution in [1.82, 2.24) is 9.80 Å². The first-order valence-electron chi connectivity index (χ1n) is 8.91. The molecule has 134 valence electrons. The molecule has 4 heteroatoms. The van der Waals surface area contributed by atoms with E-state index in [0.29, 0.717) is 6.04 Å². The zero-order chi connectivity index (χ0) is 17.6. The molecule has 0 saturated carbocycles. The van der Waals surface area contributed by atoms with Gasteiger partial charge in [0.05, 0.1) is 14.2 Å². The number of hydrogen-bond acceptors (Lipinski definition) is 4. The van der Waals surface area contributed by atoms with Gasteiger partial charge in [-0.15, -0.1) is 0 Å². The average molecular weight is 340 g/mol. The van der Waals surface area contributed by atoms with E-state index in [1.807, 2.05) is 18.2 Å². The van der Waals surface area contributed by atoms with Crippen molar-refractivity contribution in [3.8, 4) is 11.5 Å². The Hall–Kier alpha value is -2.04. The fourth-order valence-corrected chi connectivity index (χ4v) is 3.53. The van der Waals surface area contributed by atoms with E-state index in [-0.39, 0.29) is 0 Å². The van der Waals surface area contributed by atoms with Crippen molar-refractivity contribution in [1.29, 1.82) is 0 Å².